The zero-order chi connectivity index (χ0) is 14.3. The van der Waals surface area contributed by atoms with Crippen molar-refractivity contribution >= 4 is 66.0 Å². The second kappa shape index (κ2) is 4.95. The molecule has 3 rings (SSSR count). The van der Waals surface area contributed by atoms with E-state index in [0.29, 0.717) is 9.99 Å². The van der Waals surface area contributed by atoms with Crippen molar-refractivity contribution in [2.24, 2.45) is 0 Å². The summed E-state index contributed by atoms with van der Waals surface area (Å²) >= 11 is 10.2. The summed E-state index contributed by atoms with van der Waals surface area (Å²) in [5.41, 5.74) is 0.736. The number of hydrogen-bond acceptors (Lipinski definition) is 6. The summed E-state index contributed by atoms with van der Waals surface area (Å²) in [5, 5.41) is 1.75. The van der Waals surface area contributed by atoms with Crippen LogP contribution in [0.2, 0.25) is 5.15 Å². The molecule has 0 saturated heterocycles. The van der Waals surface area contributed by atoms with Crippen LogP contribution in [0.15, 0.2) is 26.5 Å². The highest BCUT2D eigenvalue weighted by Crippen LogP contribution is 2.29. The first-order valence-electron chi connectivity index (χ1n) is 5.10. The Balaban J connectivity index is 2.03. The average molecular weight is 395 g/mol. The van der Waals surface area contributed by atoms with Gasteiger partial charge >= 0.3 is 0 Å². The Morgan fingerprint density at radius 3 is 2.90 bits per heavy atom. The molecule has 0 radical (unpaired) electrons. The van der Waals surface area contributed by atoms with Gasteiger partial charge in [0.1, 0.15) is 5.52 Å². The topological polar surface area (TPSA) is 101 Å². The first kappa shape index (κ1) is 13.7. The van der Waals surface area contributed by atoms with Gasteiger partial charge in [0, 0.05) is 4.47 Å². The van der Waals surface area contributed by atoms with E-state index in [1.54, 1.807) is 11.4 Å². The predicted octanol–water partition coefficient (Wildman–Crippen LogP) is 2.63. The molecule has 0 bridgehead atoms. The van der Waals surface area contributed by atoms with Crippen LogP contribution in [0, 0.1) is 0 Å². The first-order chi connectivity index (χ1) is 9.47. The number of anilines is 1. The molecule has 3 aromatic heterocycles. The summed E-state index contributed by atoms with van der Waals surface area (Å²) in [6.07, 6.45) is 1.40. The van der Waals surface area contributed by atoms with E-state index >= 15 is 0 Å². The third kappa shape index (κ3) is 2.39. The summed E-state index contributed by atoms with van der Waals surface area (Å²) in [6, 6.07) is 1.64. The fourth-order valence-corrected chi connectivity index (χ4v) is 4.98. The predicted molar refractivity (Wildman–Crippen MR) is 79.5 cm³/mol. The third-order valence-corrected chi connectivity index (χ3v) is 6.57. The number of thiophene rings is 1. The summed E-state index contributed by atoms with van der Waals surface area (Å²) in [5.74, 6) is -0.130. The van der Waals surface area contributed by atoms with Crippen molar-refractivity contribution in [3.05, 3.63) is 27.4 Å². The lowest BCUT2D eigenvalue weighted by Gasteiger charge is -2.05. The van der Waals surface area contributed by atoms with Gasteiger partial charge in [0.05, 0.1) is 6.33 Å². The van der Waals surface area contributed by atoms with Crippen LogP contribution in [0.1, 0.15) is 0 Å². The molecule has 7 nitrogen and oxygen atoms in total. The SMILES string of the molecule is O=S(=O)(Nc1nc(Cl)c2[nH]cnc2n1)c1sccc1Br. The Kier molecular flexibility index (Phi) is 3.40. The van der Waals surface area contributed by atoms with E-state index < -0.39 is 10.0 Å². The van der Waals surface area contributed by atoms with E-state index in [-0.39, 0.29) is 21.0 Å². The summed E-state index contributed by atoms with van der Waals surface area (Å²) < 4.78 is 27.3. The van der Waals surface area contributed by atoms with Gasteiger partial charge < -0.3 is 4.98 Å². The Hall–Kier alpha value is -1.23. The van der Waals surface area contributed by atoms with E-state index in [1.165, 1.54) is 6.33 Å². The van der Waals surface area contributed by atoms with Crippen molar-refractivity contribution in [3.63, 3.8) is 0 Å². The van der Waals surface area contributed by atoms with Gasteiger partial charge in [0.2, 0.25) is 5.95 Å². The van der Waals surface area contributed by atoms with Gasteiger partial charge in [-0.2, -0.15) is 9.97 Å². The van der Waals surface area contributed by atoms with Crippen LogP contribution in [-0.4, -0.2) is 28.4 Å². The Morgan fingerprint density at radius 2 is 2.20 bits per heavy atom. The van der Waals surface area contributed by atoms with Gasteiger partial charge in [-0.15, -0.1) is 11.3 Å². The van der Waals surface area contributed by atoms with Crippen LogP contribution in [0.25, 0.3) is 11.2 Å². The van der Waals surface area contributed by atoms with Crippen molar-refractivity contribution in [3.8, 4) is 0 Å². The molecule has 0 fully saturated rings. The van der Waals surface area contributed by atoms with Gasteiger partial charge in [-0.3, -0.25) is 0 Å². The molecule has 0 aliphatic heterocycles. The van der Waals surface area contributed by atoms with Crippen LogP contribution >= 0.6 is 38.9 Å². The number of aromatic nitrogens is 4. The maximum atomic E-state index is 12.2. The third-order valence-electron chi connectivity index (χ3n) is 2.30. The number of hydrogen-bond donors (Lipinski definition) is 2. The van der Waals surface area contributed by atoms with Crippen LogP contribution in [0.4, 0.5) is 5.95 Å². The van der Waals surface area contributed by atoms with Crippen LogP contribution in [-0.2, 0) is 10.0 Å². The normalized spacial score (nSPS) is 11.9. The lowest BCUT2D eigenvalue weighted by atomic mass is 10.6. The molecule has 3 aromatic rings. The molecule has 0 spiro atoms. The highest BCUT2D eigenvalue weighted by Gasteiger charge is 2.21. The maximum absolute atomic E-state index is 12.2. The lowest BCUT2D eigenvalue weighted by Crippen LogP contribution is -2.14. The molecule has 0 saturated carbocycles. The molecule has 2 N–H and O–H groups in total. The maximum Gasteiger partial charge on any atom is 0.274 e. The van der Waals surface area contributed by atoms with E-state index in [9.17, 15) is 8.42 Å². The summed E-state index contributed by atoms with van der Waals surface area (Å²) in [6.45, 7) is 0. The van der Waals surface area contributed by atoms with Crippen molar-refractivity contribution in [2.75, 3.05) is 4.72 Å². The molecule has 3 heterocycles. The number of halogens is 2. The van der Waals surface area contributed by atoms with Crippen molar-refractivity contribution in [1.82, 2.24) is 19.9 Å². The zero-order valence-corrected chi connectivity index (χ0v) is 13.4. The molecule has 0 aliphatic carbocycles. The second-order valence-corrected chi connectivity index (χ2v) is 7.61. The summed E-state index contributed by atoms with van der Waals surface area (Å²) in [4.78, 5) is 14.5. The monoisotopic (exact) mass is 393 g/mol. The Morgan fingerprint density at radius 1 is 1.40 bits per heavy atom. The minimum Gasteiger partial charge on any atom is -0.341 e. The zero-order valence-electron chi connectivity index (χ0n) is 9.46. The van der Waals surface area contributed by atoms with Crippen molar-refractivity contribution < 1.29 is 8.42 Å². The number of aromatic amines is 1. The first-order valence-corrected chi connectivity index (χ1v) is 8.63. The number of nitrogens with one attached hydrogen (secondary N) is 2. The van der Waals surface area contributed by atoms with Gasteiger partial charge in [-0.1, -0.05) is 11.6 Å². The van der Waals surface area contributed by atoms with Gasteiger partial charge in [-0.05, 0) is 27.4 Å². The molecule has 20 heavy (non-hydrogen) atoms. The fraction of sp³-hybridized carbons (Fsp3) is 0. The number of nitrogens with zero attached hydrogens (tertiary/aromatic N) is 3. The molecular formula is C9H5BrClN5O2S2. The molecule has 0 atom stereocenters. The fourth-order valence-electron chi connectivity index (χ4n) is 1.48. The van der Waals surface area contributed by atoms with Crippen molar-refractivity contribution in [2.45, 2.75) is 4.21 Å². The highest BCUT2D eigenvalue weighted by molar-refractivity contribution is 9.10. The van der Waals surface area contributed by atoms with Crippen molar-refractivity contribution in [1.29, 1.82) is 0 Å². The second-order valence-electron chi connectivity index (χ2n) is 3.60. The molecule has 104 valence electrons. The van der Waals surface area contributed by atoms with Crippen LogP contribution in [0.5, 0.6) is 0 Å². The minimum atomic E-state index is -3.77. The lowest BCUT2D eigenvalue weighted by molar-refractivity contribution is 0.602. The molecule has 0 unspecified atom stereocenters. The molecule has 11 heteroatoms. The Labute approximate surface area is 130 Å². The number of fused-ring (bicyclic) bond motifs is 1. The molecule has 0 amide bonds. The van der Waals surface area contributed by atoms with E-state index in [2.05, 4.69) is 40.6 Å². The quantitative estimate of drug-likeness (QED) is 0.665. The number of imidazole rings is 1. The number of rotatable bonds is 3. The highest BCUT2D eigenvalue weighted by atomic mass is 79.9. The minimum absolute atomic E-state index is 0.0930. The molecule has 0 aliphatic rings. The number of H-pyrrole nitrogens is 1. The Bertz CT molecular complexity index is 891. The van der Waals surface area contributed by atoms with E-state index in [0.717, 1.165) is 11.3 Å². The molecular weight excluding hydrogens is 390 g/mol. The van der Waals surface area contributed by atoms with Gasteiger partial charge in [0.15, 0.2) is 15.0 Å². The standard InChI is InChI=1S/C9H5BrClN5O2S2/c10-4-1-2-19-8(4)20(17,18)16-9-14-6(11)5-7(15-9)13-3-12-5/h1-3H,(H2,12,13,14,15,16). The average Bonchev–Trinajstić information content (AvgIpc) is 2.97. The largest absolute Gasteiger partial charge is 0.341 e. The van der Waals surface area contributed by atoms with Gasteiger partial charge in [0.25, 0.3) is 10.0 Å². The van der Waals surface area contributed by atoms with E-state index in [1.807, 2.05) is 0 Å². The smallest absolute Gasteiger partial charge is 0.274 e. The number of sulfonamides is 1. The van der Waals surface area contributed by atoms with Gasteiger partial charge in [-0.25, -0.2) is 18.1 Å². The van der Waals surface area contributed by atoms with Crippen LogP contribution < -0.4 is 4.72 Å². The summed E-state index contributed by atoms with van der Waals surface area (Å²) in [7, 11) is -3.77. The van der Waals surface area contributed by atoms with E-state index in [4.69, 9.17) is 11.6 Å². The molecule has 0 aromatic carbocycles. The van der Waals surface area contributed by atoms with Crippen LogP contribution in [0.3, 0.4) is 0 Å².